The number of carbonyl (C=O) groups is 2. The summed E-state index contributed by atoms with van der Waals surface area (Å²) in [5.74, 6) is -0.0622. The van der Waals surface area contributed by atoms with E-state index in [1.807, 2.05) is 12.1 Å². The Morgan fingerprint density at radius 3 is 2.43 bits per heavy atom. The second-order valence-electron chi connectivity index (χ2n) is 7.86. The van der Waals surface area contributed by atoms with Gasteiger partial charge in [-0.15, -0.1) is 0 Å². The molecule has 3 aromatic rings. The van der Waals surface area contributed by atoms with Crippen molar-refractivity contribution < 1.29 is 19.1 Å². The number of amidine groups is 1. The number of likely N-dealkylation sites (N-methyl/N-ethyl adjacent to an activating group) is 1. The zero-order valence-corrected chi connectivity index (χ0v) is 22.9. The van der Waals surface area contributed by atoms with Crippen LogP contribution in [0.1, 0.15) is 28.4 Å². The molecule has 1 saturated heterocycles. The molecule has 1 amide bonds. The van der Waals surface area contributed by atoms with Crippen molar-refractivity contribution in [3.05, 3.63) is 97.3 Å². The van der Waals surface area contributed by atoms with Crippen LogP contribution in [0.2, 0.25) is 15.1 Å². The van der Waals surface area contributed by atoms with Crippen LogP contribution in [0.15, 0.2) is 70.6 Å². The third kappa shape index (κ3) is 6.67. The number of thioether (sulfide) groups is 1. The van der Waals surface area contributed by atoms with Crippen molar-refractivity contribution in [1.82, 2.24) is 4.90 Å². The van der Waals surface area contributed by atoms with E-state index in [1.54, 1.807) is 68.6 Å². The highest BCUT2D eigenvalue weighted by atomic mass is 35.5. The number of aliphatic imine (C=N–C) groups is 1. The molecule has 0 aliphatic carbocycles. The first-order valence-corrected chi connectivity index (χ1v) is 13.1. The van der Waals surface area contributed by atoms with Gasteiger partial charge in [0.15, 0.2) is 5.17 Å². The van der Waals surface area contributed by atoms with Gasteiger partial charge in [-0.2, -0.15) is 0 Å². The van der Waals surface area contributed by atoms with Crippen LogP contribution in [-0.4, -0.2) is 35.6 Å². The third-order valence-corrected chi connectivity index (χ3v) is 7.33. The van der Waals surface area contributed by atoms with Gasteiger partial charge in [0.25, 0.3) is 5.91 Å². The van der Waals surface area contributed by atoms with Crippen molar-refractivity contribution in [2.45, 2.75) is 13.5 Å². The fourth-order valence-corrected chi connectivity index (χ4v) is 4.87. The maximum absolute atomic E-state index is 12.8. The topological polar surface area (TPSA) is 68.2 Å². The van der Waals surface area contributed by atoms with Gasteiger partial charge in [0, 0.05) is 7.05 Å². The number of nitrogens with zero attached hydrogens (tertiary/aromatic N) is 2. The minimum Gasteiger partial charge on any atom is -0.487 e. The fraction of sp³-hybridized carbons (Fsp3) is 0.148. The summed E-state index contributed by atoms with van der Waals surface area (Å²) in [4.78, 5) is 31.2. The lowest BCUT2D eigenvalue weighted by Gasteiger charge is -2.09. The van der Waals surface area contributed by atoms with Crippen LogP contribution in [0.4, 0.5) is 5.69 Å². The van der Waals surface area contributed by atoms with Gasteiger partial charge in [-0.1, -0.05) is 46.9 Å². The van der Waals surface area contributed by atoms with Gasteiger partial charge in [-0.25, -0.2) is 9.79 Å². The molecule has 37 heavy (non-hydrogen) atoms. The molecule has 0 spiro atoms. The number of amides is 1. The van der Waals surface area contributed by atoms with Crippen molar-refractivity contribution in [3.8, 4) is 5.75 Å². The molecule has 0 bridgehead atoms. The van der Waals surface area contributed by atoms with Crippen LogP contribution in [-0.2, 0) is 16.1 Å². The Kier molecular flexibility index (Phi) is 8.82. The molecule has 1 fully saturated rings. The van der Waals surface area contributed by atoms with Gasteiger partial charge in [0.1, 0.15) is 12.4 Å². The lowest BCUT2D eigenvalue weighted by atomic mass is 10.2. The second kappa shape index (κ2) is 12.0. The van der Waals surface area contributed by atoms with E-state index in [1.165, 1.54) is 16.7 Å². The molecule has 6 nitrogen and oxygen atoms in total. The number of hydrogen-bond donors (Lipinski definition) is 0. The van der Waals surface area contributed by atoms with Gasteiger partial charge in [-0.3, -0.25) is 9.69 Å². The first-order chi connectivity index (χ1) is 17.7. The largest absolute Gasteiger partial charge is 0.487 e. The highest BCUT2D eigenvalue weighted by Crippen LogP contribution is 2.35. The van der Waals surface area contributed by atoms with E-state index >= 15 is 0 Å². The summed E-state index contributed by atoms with van der Waals surface area (Å²) in [5.41, 5.74) is 2.66. The number of esters is 1. The van der Waals surface area contributed by atoms with E-state index < -0.39 is 0 Å². The summed E-state index contributed by atoms with van der Waals surface area (Å²) in [6, 6.07) is 17.3. The quantitative estimate of drug-likeness (QED) is 0.214. The molecule has 4 rings (SSSR count). The molecule has 1 aliphatic heterocycles. The molecular weight excluding hydrogens is 555 g/mol. The summed E-state index contributed by atoms with van der Waals surface area (Å²) >= 11 is 19.7. The van der Waals surface area contributed by atoms with Gasteiger partial charge < -0.3 is 9.47 Å². The predicted molar refractivity (Wildman–Crippen MR) is 150 cm³/mol. The molecule has 10 heteroatoms. The lowest BCUT2D eigenvalue weighted by Crippen LogP contribution is -2.23. The number of rotatable bonds is 7. The van der Waals surface area contributed by atoms with Gasteiger partial charge >= 0.3 is 5.97 Å². The second-order valence-corrected chi connectivity index (χ2v) is 10.1. The highest BCUT2D eigenvalue weighted by molar-refractivity contribution is 8.18. The SMILES string of the molecule is CCOC(=O)c1ccc(N=C2S/C(=C\c3ccc(OCc4ccc(Cl)c(Cl)c4)c(Cl)c3)C(=O)N2C)cc1. The Bertz CT molecular complexity index is 1410. The summed E-state index contributed by atoms with van der Waals surface area (Å²) in [6.07, 6.45) is 1.75. The maximum atomic E-state index is 12.8. The molecule has 0 aromatic heterocycles. The van der Waals surface area contributed by atoms with E-state index in [-0.39, 0.29) is 18.5 Å². The molecule has 0 radical (unpaired) electrons. The van der Waals surface area contributed by atoms with Crippen LogP contribution < -0.4 is 4.74 Å². The summed E-state index contributed by atoms with van der Waals surface area (Å²) in [5, 5.41) is 1.86. The maximum Gasteiger partial charge on any atom is 0.338 e. The monoisotopic (exact) mass is 574 g/mol. The molecule has 1 heterocycles. The minimum absolute atomic E-state index is 0.178. The van der Waals surface area contributed by atoms with Crippen LogP contribution in [0.5, 0.6) is 5.75 Å². The van der Waals surface area contributed by atoms with E-state index in [0.29, 0.717) is 48.7 Å². The molecule has 1 aliphatic rings. The number of halogens is 3. The van der Waals surface area contributed by atoms with Gasteiger partial charge in [0.2, 0.25) is 0 Å². The standard InChI is InChI=1S/C27H21Cl3N2O4S/c1-3-35-26(34)18-6-8-19(9-7-18)31-27-32(2)25(33)24(37-27)14-16-5-11-23(22(30)12-16)36-15-17-4-10-20(28)21(29)13-17/h4-14H,3,15H2,1-2H3/b24-14-,31-27?. The Balaban J connectivity index is 1.45. The van der Waals surface area contributed by atoms with E-state index in [9.17, 15) is 9.59 Å². The van der Waals surface area contributed by atoms with Crippen molar-refractivity contribution in [1.29, 1.82) is 0 Å². The first kappa shape index (κ1) is 27.1. The first-order valence-electron chi connectivity index (χ1n) is 11.1. The number of benzene rings is 3. The molecule has 0 atom stereocenters. The third-order valence-electron chi connectivity index (χ3n) is 5.24. The lowest BCUT2D eigenvalue weighted by molar-refractivity contribution is -0.121. The Hall–Kier alpha value is -2.97. The predicted octanol–water partition coefficient (Wildman–Crippen LogP) is 7.64. The Labute approximate surface area is 233 Å². The fourth-order valence-electron chi connectivity index (χ4n) is 3.31. The van der Waals surface area contributed by atoms with Crippen molar-refractivity contribution >= 4 is 75.4 Å². The average molecular weight is 576 g/mol. The van der Waals surface area contributed by atoms with Crippen molar-refractivity contribution in [2.24, 2.45) is 4.99 Å². The van der Waals surface area contributed by atoms with Crippen LogP contribution >= 0.6 is 46.6 Å². The number of ether oxygens (including phenoxy) is 2. The minimum atomic E-state index is -0.390. The van der Waals surface area contributed by atoms with E-state index in [2.05, 4.69) is 4.99 Å². The molecule has 0 saturated carbocycles. The van der Waals surface area contributed by atoms with Crippen LogP contribution in [0.3, 0.4) is 0 Å². The van der Waals surface area contributed by atoms with Crippen molar-refractivity contribution in [2.75, 3.05) is 13.7 Å². The summed E-state index contributed by atoms with van der Waals surface area (Å²) < 4.78 is 10.8. The van der Waals surface area contributed by atoms with Crippen LogP contribution in [0, 0.1) is 0 Å². The summed E-state index contributed by atoms with van der Waals surface area (Å²) in [6.45, 7) is 2.33. The summed E-state index contributed by atoms with van der Waals surface area (Å²) in [7, 11) is 1.66. The number of carbonyl (C=O) groups excluding carboxylic acids is 2. The molecule has 3 aromatic carbocycles. The van der Waals surface area contributed by atoms with E-state index in [0.717, 1.165) is 11.1 Å². The zero-order chi connectivity index (χ0) is 26.5. The average Bonchev–Trinajstić information content (AvgIpc) is 3.13. The smallest absolute Gasteiger partial charge is 0.338 e. The van der Waals surface area contributed by atoms with Crippen molar-refractivity contribution in [3.63, 3.8) is 0 Å². The molecular formula is C27H21Cl3N2O4S. The molecule has 0 N–H and O–H groups in total. The number of hydrogen-bond acceptors (Lipinski definition) is 6. The van der Waals surface area contributed by atoms with Crippen LogP contribution in [0.25, 0.3) is 6.08 Å². The Morgan fingerprint density at radius 2 is 1.76 bits per heavy atom. The zero-order valence-electron chi connectivity index (χ0n) is 19.8. The highest BCUT2D eigenvalue weighted by Gasteiger charge is 2.30. The van der Waals surface area contributed by atoms with Gasteiger partial charge in [0.05, 0.1) is 37.8 Å². The molecule has 0 unspecified atom stereocenters. The van der Waals surface area contributed by atoms with E-state index in [4.69, 9.17) is 44.3 Å². The normalized spacial score (nSPS) is 15.5. The molecule has 190 valence electrons. The van der Waals surface area contributed by atoms with Gasteiger partial charge in [-0.05, 0) is 84.4 Å². The Morgan fingerprint density at radius 1 is 1.00 bits per heavy atom.